The largest absolute Gasteiger partial charge is 0.386 e. The van der Waals surface area contributed by atoms with Gasteiger partial charge in [-0.1, -0.05) is 0 Å². The van der Waals surface area contributed by atoms with Crippen molar-refractivity contribution in [1.82, 2.24) is 0 Å². The Labute approximate surface area is 76.1 Å². The first kappa shape index (κ1) is 8.87. The maximum absolute atomic E-state index is 11.6. The van der Waals surface area contributed by atoms with Crippen LogP contribution in [0.1, 0.15) is 20.8 Å². The lowest BCUT2D eigenvalue weighted by molar-refractivity contribution is -0.324. The molecular weight excluding hydrogens is 172 g/mol. The van der Waals surface area contributed by atoms with Gasteiger partial charge >= 0.3 is 0 Å². The molecule has 0 aromatic carbocycles. The summed E-state index contributed by atoms with van der Waals surface area (Å²) >= 11 is 0. The van der Waals surface area contributed by atoms with E-state index in [2.05, 4.69) is 0 Å². The molecule has 2 bridgehead atoms. The molecule has 2 rings (SSSR count). The summed E-state index contributed by atoms with van der Waals surface area (Å²) in [5.41, 5.74) is -1.53. The molecule has 1 saturated heterocycles. The van der Waals surface area contributed by atoms with E-state index in [4.69, 9.17) is 9.78 Å². The molecule has 13 heavy (non-hydrogen) atoms. The average molecular weight is 184 g/mol. The van der Waals surface area contributed by atoms with Gasteiger partial charge in [-0.25, -0.2) is 9.78 Å². The van der Waals surface area contributed by atoms with Gasteiger partial charge in [-0.05, 0) is 32.4 Å². The summed E-state index contributed by atoms with van der Waals surface area (Å²) in [6.07, 6.45) is 0.672. The third-order valence-electron chi connectivity index (χ3n) is 2.77. The van der Waals surface area contributed by atoms with E-state index < -0.39 is 17.3 Å². The molecule has 2 aliphatic rings. The number of hydrogen-bond acceptors (Lipinski definition) is 4. The molecule has 4 heteroatoms. The van der Waals surface area contributed by atoms with Gasteiger partial charge in [0, 0.05) is 0 Å². The molecule has 0 aromatic heterocycles. The molecule has 3 atom stereocenters. The van der Waals surface area contributed by atoms with E-state index in [9.17, 15) is 9.90 Å². The van der Waals surface area contributed by atoms with Gasteiger partial charge in [0.25, 0.3) is 0 Å². The number of rotatable bonds is 0. The van der Waals surface area contributed by atoms with Gasteiger partial charge < -0.3 is 5.11 Å². The van der Waals surface area contributed by atoms with Crippen LogP contribution in [0.3, 0.4) is 0 Å². The van der Waals surface area contributed by atoms with Gasteiger partial charge in [0.2, 0.25) is 0 Å². The summed E-state index contributed by atoms with van der Waals surface area (Å²) in [6.45, 7) is 4.93. The highest BCUT2D eigenvalue weighted by Crippen LogP contribution is 2.43. The minimum Gasteiger partial charge on any atom is -0.386 e. The first-order valence-electron chi connectivity index (χ1n) is 4.19. The summed E-state index contributed by atoms with van der Waals surface area (Å²) in [7, 11) is 0. The van der Waals surface area contributed by atoms with Crippen LogP contribution in [-0.2, 0) is 14.6 Å². The second-order valence-electron chi connectivity index (χ2n) is 4.02. The Morgan fingerprint density at radius 1 is 1.46 bits per heavy atom. The van der Waals surface area contributed by atoms with E-state index in [-0.39, 0.29) is 5.78 Å². The Kier molecular flexibility index (Phi) is 1.50. The van der Waals surface area contributed by atoms with Crippen molar-refractivity contribution in [1.29, 1.82) is 0 Å². The molecule has 0 aromatic rings. The number of aliphatic hydroxyl groups is 1. The van der Waals surface area contributed by atoms with Crippen LogP contribution in [0.4, 0.5) is 0 Å². The van der Waals surface area contributed by atoms with Crippen LogP contribution in [0.2, 0.25) is 0 Å². The predicted octanol–water partition coefficient (Wildman–Crippen LogP) is 0.355. The normalized spacial score (nSPS) is 49.4. The summed E-state index contributed by atoms with van der Waals surface area (Å²) < 4.78 is 0. The number of carbonyl (C=O) groups excluding carboxylic acids is 1. The Bertz CT molecular complexity index is 309. The second kappa shape index (κ2) is 2.20. The molecule has 3 unspecified atom stereocenters. The van der Waals surface area contributed by atoms with Crippen LogP contribution in [-0.4, -0.2) is 28.2 Å². The van der Waals surface area contributed by atoms with Crippen LogP contribution in [0.5, 0.6) is 0 Å². The van der Waals surface area contributed by atoms with Crippen LogP contribution >= 0.6 is 0 Å². The monoisotopic (exact) mass is 184 g/mol. The number of aliphatic hydroxyl groups excluding tert-OH is 1. The van der Waals surface area contributed by atoms with Crippen LogP contribution in [0.15, 0.2) is 11.6 Å². The Hall–Kier alpha value is -0.710. The first-order valence-corrected chi connectivity index (χ1v) is 4.19. The predicted molar refractivity (Wildman–Crippen MR) is 43.8 cm³/mol. The zero-order valence-electron chi connectivity index (χ0n) is 7.83. The minimum absolute atomic E-state index is 0.213. The fraction of sp³-hybridized carbons (Fsp3) is 0.667. The molecule has 1 N–H and O–H groups in total. The van der Waals surface area contributed by atoms with E-state index in [1.807, 2.05) is 0 Å². The van der Waals surface area contributed by atoms with Gasteiger partial charge in [0.1, 0.15) is 11.7 Å². The van der Waals surface area contributed by atoms with Crippen molar-refractivity contribution in [2.45, 2.75) is 38.1 Å². The van der Waals surface area contributed by atoms with Gasteiger partial charge in [-0.3, -0.25) is 4.79 Å². The van der Waals surface area contributed by atoms with Crippen molar-refractivity contribution in [3.05, 3.63) is 11.6 Å². The van der Waals surface area contributed by atoms with Gasteiger partial charge in [0.15, 0.2) is 11.4 Å². The maximum atomic E-state index is 11.6. The van der Waals surface area contributed by atoms with Crippen molar-refractivity contribution in [3.63, 3.8) is 0 Å². The zero-order chi connectivity index (χ0) is 9.85. The van der Waals surface area contributed by atoms with Crippen LogP contribution in [0, 0.1) is 0 Å². The quantitative estimate of drug-likeness (QED) is 0.552. The Balaban J connectivity index is 2.57. The number of ketones is 1. The highest BCUT2D eigenvalue weighted by molar-refractivity contribution is 6.03. The molecule has 72 valence electrons. The van der Waals surface area contributed by atoms with E-state index >= 15 is 0 Å². The van der Waals surface area contributed by atoms with Crippen molar-refractivity contribution in [3.8, 4) is 0 Å². The van der Waals surface area contributed by atoms with Crippen LogP contribution in [0.25, 0.3) is 0 Å². The van der Waals surface area contributed by atoms with Gasteiger partial charge in [0.05, 0.1) is 0 Å². The summed E-state index contributed by atoms with van der Waals surface area (Å²) in [6, 6.07) is 0. The molecule has 4 nitrogen and oxygen atoms in total. The number of hydrogen-bond donors (Lipinski definition) is 1. The Morgan fingerprint density at radius 3 is 2.69 bits per heavy atom. The fourth-order valence-corrected chi connectivity index (χ4v) is 1.97. The van der Waals surface area contributed by atoms with Crippen molar-refractivity contribution in [2.24, 2.45) is 0 Å². The highest BCUT2D eigenvalue weighted by Gasteiger charge is 2.61. The molecule has 1 aliphatic carbocycles. The van der Waals surface area contributed by atoms with Crippen molar-refractivity contribution < 1.29 is 19.7 Å². The SMILES string of the molecule is CC1=CC2(C)OOC(C)(C1=O)C2O. The molecule has 0 saturated carbocycles. The summed E-state index contributed by atoms with van der Waals surface area (Å²) in [5.74, 6) is -0.213. The number of Topliss-reactive ketones (excluding diaryl/α,β-unsaturated/α-hetero) is 1. The molecular formula is C9H12O4. The second-order valence-corrected chi connectivity index (χ2v) is 4.02. The third-order valence-corrected chi connectivity index (χ3v) is 2.77. The van der Waals surface area contributed by atoms with Crippen LogP contribution < -0.4 is 0 Å². The zero-order valence-corrected chi connectivity index (χ0v) is 7.83. The summed E-state index contributed by atoms with van der Waals surface area (Å²) in [4.78, 5) is 21.5. The number of carbonyl (C=O) groups is 1. The summed E-state index contributed by atoms with van der Waals surface area (Å²) in [5, 5.41) is 9.80. The highest BCUT2D eigenvalue weighted by atomic mass is 17.2. The lowest BCUT2D eigenvalue weighted by Crippen LogP contribution is -2.54. The van der Waals surface area contributed by atoms with E-state index in [1.165, 1.54) is 0 Å². The third kappa shape index (κ3) is 0.879. The smallest absolute Gasteiger partial charge is 0.196 e. The van der Waals surface area contributed by atoms with E-state index in [1.54, 1.807) is 26.8 Å². The average Bonchev–Trinajstić information content (AvgIpc) is 2.24. The number of fused-ring (bicyclic) bond motifs is 2. The van der Waals surface area contributed by atoms with Crippen molar-refractivity contribution >= 4 is 5.78 Å². The fourth-order valence-electron chi connectivity index (χ4n) is 1.97. The molecule has 1 heterocycles. The maximum Gasteiger partial charge on any atom is 0.196 e. The molecule has 1 fully saturated rings. The van der Waals surface area contributed by atoms with Crippen molar-refractivity contribution in [2.75, 3.05) is 0 Å². The van der Waals surface area contributed by atoms with Gasteiger partial charge in [-0.15, -0.1) is 0 Å². The topological polar surface area (TPSA) is 55.8 Å². The molecule has 1 aliphatic heterocycles. The first-order chi connectivity index (χ1) is 5.90. The lowest BCUT2D eigenvalue weighted by atomic mass is 9.76. The Morgan fingerprint density at radius 2 is 2.08 bits per heavy atom. The van der Waals surface area contributed by atoms with E-state index in [0.29, 0.717) is 5.57 Å². The minimum atomic E-state index is -1.23. The molecule has 0 spiro atoms. The molecule has 0 radical (unpaired) electrons. The van der Waals surface area contributed by atoms with E-state index in [0.717, 1.165) is 0 Å². The molecule has 0 amide bonds. The standard InChI is InChI=1S/C9H12O4/c1-5-4-8(2)7(11)9(3,6(5)10)13-12-8/h4,7,11H,1-3H3. The van der Waals surface area contributed by atoms with Gasteiger partial charge in [-0.2, -0.15) is 0 Å². The lowest BCUT2D eigenvalue weighted by Gasteiger charge is -2.31.